The van der Waals surface area contributed by atoms with Crippen molar-refractivity contribution in [3.05, 3.63) is 72.6 Å². The zero-order valence-electron chi connectivity index (χ0n) is 31.7. The first-order chi connectivity index (χ1) is 25.9. The summed E-state index contributed by atoms with van der Waals surface area (Å²) in [4.78, 5) is 66.5. The number of carbonyl (C=O) groups is 4. The highest BCUT2D eigenvalue weighted by atomic mass is 16.5. The molecule has 2 aromatic carbocycles. The number of nitrogens with one attached hydrogen (secondary N) is 6. The van der Waals surface area contributed by atoms with Crippen LogP contribution in [0.5, 0.6) is 0 Å². The third kappa shape index (κ3) is 7.82. The Morgan fingerprint density at radius 2 is 0.926 bits per heavy atom. The van der Waals surface area contributed by atoms with E-state index < -0.39 is 35.3 Å². The molecule has 0 spiro atoms. The van der Waals surface area contributed by atoms with E-state index >= 15 is 0 Å². The maximum Gasteiger partial charge on any atom is 0.407 e. The molecule has 0 aliphatic heterocycles. The molecular weight excluding hydrogens is 688 g/mol. The van der Waals surface area contributed by atoms with Crippen LogP contribution in [0.2, 0.25) is 0 Å². The highest BCUT2D eigenvalue weighted by Gasteiger charge is 2.45. The molecule has 0 radical (unpaired) electrons. The number of imidazole rings is 2. The molecular formula is C40H50N8O6. The van der Waals surface area contributed by atoms with E-state index in [2.05, 4.69) is 65.5 Å². The summed E-state index contributed by atoms with van der Waals surface area (Å²) in [6.45, 7) is 7.50. The van der Waals surface area contributed by atoms with E-state index in [1.54, 1.807) is 12.4 Å². The summed E-state index contributed by atoms with van der Waals surface area (Å²) in [5.74, 6) is 0.591. The molecule has 0 saturated heterocycles. The number of hydrogen-bond acceptors (Lipinski definition) is 8. The molecule has 54 heavy (non-hydrogen) atoms. The molecule has 2 aliphatic rings. The molecule has 14 heteroatoms. The number of H-pyrrole nitrogens is 2. The Morgan fingerprint density at radius 1 is 0.593 bits per heavy atom. The highest BCUT2D eigenvalue weighted by Crippen LogP contribution is 2.42. The number of nitrogens with zero attached hydrogens (tertiary/aromatic N) is 2. The molecule has 2 heterocycles. The smallest absolute Gasteiger partial charge is 0.407 e. The summed E-state index contributed by atoms with van der Waals surface area (Å²) >= 11 is 0. The van der Waals surface area contributed by atoms with Gasteiger partial charge in [-0.15, -0.1) is 0 Å². The number of benzene rings is 2. The minimum atomic E-state index is -0.733. The Labute approximate surface area is 315 Å². The van der Waals surface area contributed by atoms with Gasteiger partial charge in [0.2, 0.25) is 11.8 Å². The van der Waals surface area contributed by atoms with Crippen molar-refractivity contribution in [3.63, 3.8) is 0 Å². The van der Waals surface area contributed by atoms with Gasteiger partial charge >= 0.3 is 12.2 Å². The molecule has 0 bridgehead atoms. The van der Waals surface area contributed by atoms with E-state index in [0.717, 1.165) is 72.2 Å². The standard InChI is InChI=1S/C40H50N8O6/c1-23(2)31(45-37(51)53-5)33(49)47-39(17-7-18-39)35-41-21-29(43-35)27-13-9-25(10-14-27)26-11-15-28(16-12-26)30-22-42-36(44-30)40(19-8-20-40)48-34(50)32(24(3)4)46-38(52)54-6/h9-16,21-24,31-32H,7-8,17-20H2,1-6H3,(H,41,43)(H,42,44)(H,45,51)(H,46,52)(H,47,49)(H,48,50). The van der Waals surface area contributed by atoms with Crippen LogP contribution >= 0.6 is 0 Å². The lowest BCUT2D eigenvalue weighted by molar-refractivity contribution is -0.128. The molecule has 2 fully saturated rings. The lowest BCUT2D eigenvalue weighted by atomic mass is 9.75. The molecule has 4 aromatic rings. The Balaban J connectivity index is 1.11. The molecule has 2 saturated carbocycles. The number of aromatic nitrogens is 4. The van der Waals surface area contributed by atoms with Crippen molar-refractivity contribution in [3.8, 4) is 33.6 Å². The number of alkyl carbamates (subject to hydrolysis) is 2. The highest BCUT2D eigenvalue weighted by molar-refractivity contribution is 5.87. The van der Waals surface area contributed by atoms with Gasteiger partial charge in [0.05, 0.1) is 49.1 Å². The SMILES string of the molecule is COC(=O)NC(C(=O)NC1(c2ncc(-c3ccc(-c4ccc(-c5cnc(C6(NC(=O)C(NC(=O)OC)C(C)C)CCC6)[nH]5)cc4)cc3)[nH]2)CCC1)C(C)C. The Bertz CT molecular complexity index is 1820. The fourth-order valence-corrected chi connectivity index (χ4v) is 7.08. The summed E-state index contributed by atoms with van der Waals surface area (Å²) in [5, 5.41) is 11.6. The van der Waals surface area contributed by atoms with Crippen LogP contribution in [0.1, 0.15) is 77.9 Å². The first-order valence-electron chi connectivity index (χ1n) is 18.5. The summed E-state index contributed by atoms with van der Waals surface area (Å²) < 4.78 is 9.44. The maximum absolute atomic E-state index is 13.3. The summed E-state index contributed by atoms with van der Waals surface area (Å²) in [6.07, 6.45) is 7.18. The molecule has 2 atom stereocenters. The number of amides is 4. The second kappa shape index (κ2) is 15.7. The largest absolute Gasteiger partial charge is 0.453 e. The maximum atomic E-state index is 13.3. The van der Waals surface area contributed by atoms with Gasteiger partial charge in [0.15, 0.2) is 0 Å². The van der Waals surface area contributed by atoms with Crippen molar-refractivity contribution < 1.29 is 28.7 Å². The zero-order chi connectivity index (χ0) is 38.6. The van der Waals surface area contributed by atoms with E-state index in [1.165, 1.54) is 14.2 Å². The second-order valence-corrected chi connectivity index (χ2v) is 15.0. The van der Waals surface area contributed by atoms with Crippen LogP contribution in [-0.4, -0.2) is 70.2 Å². The average molecular weight is 739 g/mol. The monoisotopic (exact) mass is 738 g/mol. The molecule has 286 valence electrons. The summed E-state index contributed by atoms with van der Waals surface area (Å²) in [5.41, 5.74) is 4.47. The van der Waals surface area contributed by atoms with E-state index in [9.17, 15) is 19.2 Å². The van der Waals surface area contributed by atoms with Crippen molar-refractivity contribution in [1.82, 2.24) is 41.2 Å². The lowest BCUT2D eigenvalue weighted by Crippen LogP contribution is -2.58. The van der Waals surface area contributed by atoms with Crippen LogP contribution in [0.3, 0.4) is 0 Å². The Hall–Kier alpha value is -5.66. The number of methoxy groups -OCH3 is 2. The first kappa shape index (κ1) is 38.1. The van der Waals surface area contributed by atoms with Gasteiger partial charge in [-0.3, -0.25) is 9.59 Å². The lowest BCUT2D eigenvalue weighted by Gasteiger charge is -2.42. The predicted molar refractivity (Wildman–Crippen MR) is 203 cm³/mol. The Kier molecular flexibility index (Phi) is 11.1. The third-order valence-electron chi connectivity index (χ3n) is 10.7. The number of ether oxygens (including phenoxy) is 2. The fourth-order valence-electron chi connectivity index (χ4n) is 7.08. The van der Waals surface area contributed by atoms with Crippen molar-refractivity contribution in [1.29, 1.82) is 0 Å². The van der Waals surface area contributed by atoms with Crippen LogP contribution in [0.15, 0.2) is 60.9 Å². The van der Waals surface area contributed by atoms with Gasteiger partial charge in [-0.05, 0) is 72.6 Å². The minimum absolute atomic E-state index is 0.130. The second-order valence-electron chi connectivity index (χ2n) is 15.0. The molecule has 6 N–H and O–H groups in total. The van der Waals surface area contributed by atoms with Gasteiger partial charge in [0.25, 0.3) is 0 Å². The van der Waals surface area contributed by atoms with Crippen LogP contribution in [0.4, 0.5) is 9.59 Å². The van der Waals surface area contributed by atoms with Gasteiger partial charge in [0.1, 0.15) is 23.7 Å². The number of carbonyl (C=O) groups excluding carboxylic acids is 4. The van der Waals surface area contributed by atoms with Gasteiger partial charge in [-0.25, -0.2) is 19.6 Å². The molecule has 2 aliphatic carbocycles. The molecule has 4 amide bonds. The van der Waals surface area contributed by atoms with Crippen LogP contribution in [-0.2, 0) is 30.1 Å². The molecule has 2 unspecified atom stereocenters. The van der Waals surface area contributed by atoms with Crippen molar-refractivity contribution in [2.75, 3.05) is 14.2 Å². The summed E-state index contributed by atoms with van der Waals surface area (Å²) in [6, 6.07) is 15.0. The first-order valence-corrected chi connectivity index (χ1v) is 18.5. The number of aromatic amines is 2. The van der Waals surface area contributed by atoms with Gasteiger partial charge in [0, 0.05) is 0 Å². The third-order valence-corrected chi connectivity index (χ3v) is 10.7. The van der Waals surface area contributed by atoms with Crippen molar-refractivity contribution in [2.24, 2.45) is 11.8 Å². The van der Waals surface area contributed by atoms with Crippen LogP contribution in [0.25, 0.3) is 33.6 Å². The van der Waals surface area contributed by atoms with Crippen molar-refractivity contribution >= 4 is 24.0 Å². The van der Waals surface area contributed by atoms with Crippen molar-refractivity contribution in [2.45, 2.75) is 89.4 Å². The normalized spacial score (nSPS) is 16.7. The van der Waals surface area contributed by atoms with E-state index in [0.29, 0.717) is 11.6 Å². The van der Waals surface area contributed by atoms with E-state index in [-0.39, 0.29) is 23.7 Å². The van der Waals surface area contributed by atoms with E-state index in [1.807, 2.05) is 52.0 Å². The van der Waals surface area contributed by atoms with Crippen LogP contribution < -0.4 is 21.3 Å². The van der Waals surface area contributed by atoms with Gasteiger partial charge in [-0.1, -0.05) is 76.2 Å². The Morgan fingerprint density at radius 3 is 1.20 bits per heavy atom. The zero-order valence-corrected chi connectivity index (χ0v) is 31.7. The number of rotatable bonds is 13. The van der Waals surface area contributed by atoms with Gasteiger partial charge in [-0.2, -0.15) is 0 Å². The number of hydrogen-bond donors (Lipinski definition) is 6. The molecule has 6 rings (SSSR count). The summed E-state index contributed by atoms with van der Waals surface area (Å²) in [7, 11) is 2.55. The quantitative estimate of drug-likeness (QED) is 0.0979. The van der Waals surface area contributed by atoms with Gasteiger partial charge < -0.3 is 40.7 Å². The average Bonchev–Trinajstić information content (AvgIpc) is 3.84. The molecule has 2 aromatic heterocycles. The fraction of sp³-hybridized carbons (Fsp3) is 0.450. The predicted octanol–water partition coefficient (Wildman–Crippen LogP) is 5.89. The van der Waals surface area contributed by atoms with E-state index in [4.69, 9.17) is 9.47 Å². The minimum Gasteiger partial charge on any atom is -0.453 e. The van der Waals surface area contributed by atoms with Crippen LogP contribution in [0, 0.1) is 11.8 Å². The topological polar surface area (TPSA) is 192 Å². The molecule has 14 nitrogen and oxygen atoms in total.